The Kier molecular flexibility index (Phi) is 6.65. The summed E-state index contributed by atoms with van der Waals surface area (Å²) in [5.41, 5.74) is 3.39. The number of carbonyl (C=O) groups excluding carboxylic acids is 2. The zero-order chi connectivity index (χ0) is 20.8. The van der Waals surface area contributed by atoms with E-state index >= 15 is 0 Å². The van der Waals surface area contributed by atoms with E-state index in [-0.39, 0.29) is 24.4 Å². The van der Waals surface area contributed by atoms with Gasteiger partial charge in [0.15, 0.2) is 0 Å². The Balaban J connectivity index is 1.82. The predicted molar refractivity (Wildman–Crippen MR) is 115 cm³/mol. The van der Waals surface area contributed by atoms with E-state index in [1.165, 1.54) is 0 Å². The van der Waals surface area contributed by atoms with Crippen molar-refractivity contribution in [2.24, 2.45) is 0 Å². The topological polar surface area (TPSA) is 76.0 Å². The molecule has 1 unspecified atom stereocenters. The van der Waals surface area contributed by atoms with Crippen LogP contribution in [0.3, 0.4) is 0 Å². The average molecular weight is 393 g/mol. The number of imidazole rings is 1. The van der Waals surface area contributed by atoms with E-state index in [2.05, 4.69) is 17.6 Å². The molecular formula is C23H28N4O2. The lowest BCUT2D eigenvalue weighted by molar-refractivity contribution is -0.121. The SMILES string of the molecule is CCCCNC(=O)Cn1c(C(C)NC(=O)c2ccc(C)cc2)nc2ccccc21. The van der Waals surface area contributed by atoms with Crippen molar-refractivity contribution in [1.82, 2.24) is 20.2 Å². The predicted octanol–water partition coefficient (Wildman–Crippen LogP) is 3.75. The summed E-state index contributed by atoms with van der Waals surface area (Å²) < 4.78 is 1.89. The first kappa shape index (κ1) is 20.6. The van der Waals surface area contributed by atoms with Crippen molar-refractivity contribution in [2.75, 3.05) is 6.54 Å². The number of fused-ring (bicyclic) bond motifs is 1. The Hall–Kier alpha value is -3.15. The van der Waals surface area contributed by atoms with E-state index < -0.39 is 0 Å². The number of aromatic nitrogens is 2. The molecule has 2 amide bonds. The molecule has 2 N–H and O–H groups in total. The summed E-state index contributed by atoms with van der Waals surface area (Å²) >= 11 is 0. The molecule has 0 saturated heterocycles. The van der Waals surface area contributed by atoms with Crippen LogP contribution in [0.25, 0.3) is 11.0 Å². The summed E-state index contributed by atoms with van der Waals surface area (Å²) in [5, 5.41) is 5.95. The third-order valence-electron chi connectivity index (χ3n) is 4.89. The molecule has 0 spiro atoms. The summed E-state index contributed by atoms with van der Waals surface area (Å²) in [6, 6.07) is 14.8. The number of para-hydroxylation sites is 2. The fourth-order valence-electron chi connectivity index (χ4n) is 3.24. The summed E-state index contributed by atoms with van der Waals surface area (Å²) in [6.07, 6.45) is 1.98. The molecule has 0 fully saturated rings. The zero-order valence-electron chi connectivity index (χ0n) is 17.2. The molecule has 6 nitrogen and oxygen atoms in total. The fourth-order valence-corrected chi connectivity index (χ4v) is 3.24. The second-order valence-electron chi connectivity index (χ2n) is 7.31. The van der Waals surface area contributed by atoms with Crippen LogP contribution in [0.5, 0.6) is 0 Å². The molecule has 0 aliphatic heterocycles. The summed E-state index contributed by atoms with van der Waals surface area (Å²) in [4.78, 5) is 29.8. The maximum absolute atomic E-state index is 12.6. The van der Waals surface area contributed by atoms with Crippen molar-refractivity contribution in [3.63, 3.8) is 0 Å². The molecule has 3 aromatic rings. The van der Waals surface area contributed by atoms with Crippen LogP contribution in [0.1, 0.15) is 54.5 Å². The third kappa shape index (κ3) is 5.02. The molecule has 1 heterocycles. The highest BCUT2D eigenvalue weighted by molar-refractivity contribution is 5.94. The van der Waals surface area contributed by atoms with Crippen molar-refractivity contribution >= 4 is 22.8 Å². The van der Waals surface area contributed by atoms with Gasteiger partial charge in [-0.2, -0.15) is 0 Å². The molecule has 0 saturated carbocycles. The standard InChI is InChI=1S/C23H28N4O2/c1-4-5-14-24-21(28)15-27-20-9-7-6-8-19(20)26-22(27)17(3)25-23(29)18-12-10-16(2)11-13-18/h6-13,17H,4-5,14-15H2,1-3H3,(H,24,28)(H,25,29). The van der Waals surface area contributed by atoms with E-state index in [0.29, 0.717) is 17.9 Å². The van der Waals surface area contributed by atoms with Gasteiger partial charge >= 0.3 is 0 Å². The first-order valence-corrected chi connectivity index (χ1v) is 10.1. The van der Waals surface area contributed by atoms with Gasteiger partial charge in [0.1, 0.15) is 12.4 Å². The van der Waals surface area contributed by atoms with Crippen LogP contribution in [0.4, 0.5) is 0 Å². The van der Waals surface area contributed by atoms with Crippen LogP contribution in [0.15, 0.2) is 48.5 Å². The van der Waals surface area contributed by atoms with Crippen LogP contribution in [0, 0.1) is 6.92 Å². The van der Waals surface area contributed by atoms with Crippen molar-refractivity contribution in [1.29, 1.82) is 0 Å². The number of unbranched alkanes of at least 4 members (excludes halogenated alkanes) is 1. The Bertz CT molecular complexity index is 992. The number of aryl methyl sites for hydroxylation is 1. The number of nitrogens with one attached hydrogen (secondary N) is 2. The Labute approximate surface area is 171 Å². The van der Waals surface area contributed by atoms with Crippen LogP contribution >= 0.6 is 0 Å². The quantitative estimate of drug-likeness (QED) is 0.573. The minimum Gasteiger partial charge on any atom is -0.355 e. The van der Waals surface area contributed by atoms with E-state index in [0.717, 1.165) is 29.4 Å². The molecule has 1 aromatic heterocycles. The van der Waals surface area contributed by atoms with Gasteiger partial charge in [-0.05, 0) is 44.5 Å². The maximum atomic E-state index is 12.6. The lowest BCUT2D eigenvalue weighted by atomic mass is 10.1. The summed E-state index contributed by atoms with van der Waals surface area (Å²) in [5.74, 6) is 0.445. The Morgan fingerprint density at radius 1 is 1.10 bits per heavy atom. The summed E-state index contributed by atoms with van der Waals surface area (Å²) in [6.45, 7) is 6.80. The van der Waals surface area contributed by atoms with Gasteiger partial charge in [-0.1, -0.05) is 43.2 Å². The molecule has 3 rings (SSSR count). The van der Waals surface area contributed by atoms with Crippen molar-refractivity contribution in [2.45, 2.75) is 46.2 Å². The number of hydrogen-bond acceptors (Lipinski definition) is 3. The second kappa shape index (κ2) is 9.37. The highest BCUT2D eigenvalue weighted by Crippen LogP contribution is 2.21. The van der Waals surface area contributed by atoms with Crippen LogP contribution in [-0.4, -0.2) is 27.9 Å². The molecule has 152 valence electrons. The van der Waals surface area contributed by atoms with Gasteiger partial charge in [0.05, 0.1) is 17.1 Å². The molecule has 0 bridgehead atoms. The Morgan fingerprint density at radius 3 is 2.55 bits per heavy atom. The normalized spacial score (nSPS) is 12.0. The van der Waals surface area contributed by atoms with Gasteiger partial charge in [0, 0.05) is 12.1 Å². The molecule has 6 heteroatoms. The van der Waals surface area contributed by atoms with Crippen molar-refractivity contribution in [3.8, 4) is 0 Å². The highest BCUT2D eigenvalue weighted by Gasteiger charge is 2.20. The number of nitrogens with zero attached hydrogens (tertiary/aromatic N) is 2. The average Bonchev–Trinajstić information content (AvgIpc) is 3.07. The number of benzene rings is 2. The van der Waals surface area contributed by atoms with Gasteiger partial charge in [0.25, 0.3) is 5.91 Å². The van der Waals surface area contributed by atoms with Gasteiger partial charge in [0.2, 0.25) is 5.91 Å². The summed E-state index contributed by atoms with van der Waals surface area (Å²) in [7, 11) is 0. The molecule has 29 heavy (non-hydrogen) atoms. The van der Waals surface area contributed by atoms with Gasteiger partial charge in [-0.15, -0.1) is 0 Å². The number of carbonyl (C=O) groups is 2. The number of amides is 2. The van der Waals surface area contributed by atoms with Crippen molar-refractivity contribution in [3.05, 3.63) is 65.5 Å². The smallest absolute Gasteiger partial charge is 0.251 e. The second-order valence-corrected chi connectivity index (χ2v) is 7.31. The van der Waals surface area contributed by atoms with Gasteiger partial charge < -0.3 is 15.2 Å². The van der Waals surface area contributed by atoms with Crippen LogP contribution in [-0.2, 0) is 11.3 Å². The van der Waals surface area contributed by atoms with E-state index in [1.807, 2.05) is 66.9 Å². The van der Waals surface area contributed by atoms with Crippen LogP contribution in [0.2, 0.25) is 0 Å². The molecule has 0 aliphatic carbocycles. The molecular weight excluding hydrogens is 364 g/mol. The zero-order valence-corrected chi connectivity index (χ0v) is 17.2. The first-order valence-electron chi connectivity index (χ1n) is 10.1. The molecule has 1 atom stereocenters. The lowest BCUT2D eigenvalue weighted by Gasteiger charge is -2.16. The Morgan fingerprint density at radius 2 is 1.83 bits per heavy atom. The number of rotatable bonds is 8. The minimum atomic E-state index is -0.348. The van der Waals surface area contributed by atoms with E-state index in [4.69, 9.17) is 4.98 Å². The van der Waals surface area contributed by atoms with E-state index in [1.54, 1.807) is 0 Å². The molecule has 0 aliphatic rings. The minimum absolute atomic E-state index is 0.0556. The largest absolute Gasteiger partial charge is 0.355 e. The first-order chi connectivity index (χ1) is 14.0. The third-order valence-corrected chi connectivity index (χ3v) is 4.89. The maximum Gasteiger partial charge on any atom is 0.251 e. The highest BCUT2D eigenvalue weighted by atomic mass is 16.2. The number of hydrogen-bond donors (Lipinski definition) is 2. The van der Waals surface area contributed by atoms with Crippen LogP contribution < -0.4 is 10.6 Å². The lowest BCUT2D eigenvalue weighted by Crippen LogP contribution is -2.32. The van der Waals surface area contributed by atoms with Gasteiger partial charge in [-0.3, -0.25) is 9.59 Å². The fraction of sp³-hybridized carbons (Fsp3) is 0.348. The van der Waals surface area contributed by atoms with Crippen molar-refractivity contribution < 1.29 is 9.59 Å². The van der Waals surface area contributed by atoms with Gasteiger partial charge in [-0.25, -0.2) is 4.98 Å². The monoisotopic (exact) mass is 392 g/mol. The van der Waals surface area contributed by atoms with E-state index in [9.17, 15) is 9.59 Å². The molecule has 2 aromatic carbocycles. The molecule has 0 radical (unpaired) electrons.